The van der Waals surface area contributed by atoms with Crippen LogP contribution in [0.15, 0.2) is 24.3 Å². The van der Waals surface area contributed by atoms with E-state index >= 15 is 0 Å². The summed E-state index contributed by atoms with van der Waals surface area (Å²) >= 11 is 0. The van der Waals surface area contributed by atoms with E-state index in [4.69, 9.17) is 0 Å². The lowest BCUT2D eigenvalue weighted by atomic mass is 9.77. The Balaban J connectivity index is 1.71. The van der Waals surface area contributed by atoms with Crippen molar-refractivity contribution in [2.75, 3.05) is 0 Å². The maximum atomic E-state index is 12.2. The SMILES string of the molecule is CCC(CC1CCCCC1)(NC1CCc2ccccc2C1)C(=O)O. The first kappa shape index (κ1) is 17.5. The van der Waals surface area contributed by atoms with Crippen LogP contribution in [-0.4, -0.2) is 22.7 Å². The molecule has 0 radical (unpaired) electrons. The van der Waals surface area contributed by atoms with Crippen molar-refractivity contribution in [3.05, 3.63) is 35.4 Å². The van der Waals surface area contributed by atoms with Crippen molar-refractivity contribution in [2.24, 2.45) is 5.92 Å². The predicted molar refractivity (Wildman–Crippen MR) is 97.2 cm³/mol. The number of aliphatic carboxylic acids is 1. The summed E-state index contributed by atoms with van der Waals surface area (Å²) in [6.45, 7) is 2.03. The third-order valence-electron chi connectivity index (χ3n) is 6.20. The van der Waals surface area contributed by atoms with E-state index in [-0.39, 0.29) is 6.04 Å². The van der Waals surface area contributed by atoms with Gasteiger partial charge in [-0.15, -0.1) is 0 Å². The number of carbonyl (C=O) groups is 1. The van der Waals surface area contributed by atoms with Crippen molar-refractivity contribution in [2.45, 2.75) is 82.7 Å². The van der Waals surface area contributed by atoms with Gasteiger partial charge in [0.05, 0.1) is 0 Å². The van der Waals surface area contributed by atoms with Gasteiger partial charge in [-0.2, -0.15) is 0 Å². The Labute approximate surface area is 145 Å². The molecule has 0 aromatic heterocycles. The van der Waals surface area contributed by atoms with Gasteiger partial charge in [-0.05, 0) is 49.1 Å². The molecule has 24 heavy (non-hydrogen) atoms. The second kappa shape index (κ2) is 7.69. The molecule has 1 aromatic rings. The highest BCUT2D eigenvalue weighted by atomic mass is 16.4. The van der Waals surface area contributed by atoms with E-state index in [0.717, 1.165) is 25.7 Å². The topological polar surface area (TPSA) is 49.3 Å². The molecule has 1 saturated carbocycles. The quantitative estimate of drug-likeness (QED) is 0.816. The number of carboxylic acid groups (broad SMARTS) is 1. The summed E-state index contributed by atoms with van der Waals surface area (Å²) in [4.78, 5) is 12.2. The first-order valence-electron chi connectivity index (χ1n) is 9.71. The van der Waals surface area contributed by atoms with E-state index in [1.54, 1.807) is 0 Å². The fourth-order valence-corrected chi connectivity index (χ4v) is 4.70. The fourth-order valence-electron chi connectivity index (χ4n) is 4.70. The summed E-state index contributed by atoms with van der Waals surface area (Å²) < 4.78 is 0. The van der Waals surface area contributed by atoms with Crippen molar-refractivity contribution in [1.29, 1.82) is 0 Å². The van der Waals surface area contributed by atoms with Gasteiger partial charge in [0.2, 0.25) is 0 Å². The summed E-state index contributed by atoms with van der Waals surface area (Å²) in [5.74, 6) is -0.0902. The molecule has 2 aliphatic rings. The van der Waals surface area contributed by atoms with Crippen LogP contribution in [0.2, 0.25) is 0 Å². The van der Waals surface area contributed by atoms with Gasteiger partial charge in [-0.3, -0.25) is 10.1 Å². The Morgan fingerprint density at radius 2 is 1.88 bits per heavy atom. The van der Waals surface area contributed by atoms with Crippen LogP contribution in [-0.2, 0) is 17.6 Å². The third-order valence-corrected chi connectivity index (χ3v) is 6.20. The van der Waals surface area contributed by atoms with Crippen molar-refractivity contribution in [3.63, 3.8) is 0 Å². The standard InChI is InChI=1S/C21H31NO2/c1-2-21(20(23)24,15-16-8-4-3-5-9-16)22-19-13-12-17-10-6-7-11-18(17)14-19/h6-7,10-11,16,19,22H,2-5,8-9,12-15H2,1H3,(H,23,24). The van der Waals surface area contributed by atoms with Gasteiger partial charge in [0.1, 0.15) is 5.54 Å². The van der Waals surface area contributed by atoms with Gasteiger partial charge < -0.3 is 5.11 Å². The maximum absolute atomic E-state index is 12.2. The Hall–Kier alpha value is -1.35. The molecule has 0 aliphatic heterocycles. The minimum absolute atomic E-state index is 0.277. The molecule has 3 heteroatoms. The number of benzene rings is 1. The molecule has 132 valence electrons. The average molecular weight is 329 g/mol. The van der Waals surface area contributed by atoms with Crippen molar-refractivity contribution in [3.8, 4) is 0 Å². The lowest BCUT2D eigenvalue weighted by molar-refractivity contribution is -0.146. The minimum atomic E-state index is -0.751. The molecular formula is C21H31NO2. The zero-order chi connectivity index (χ0) is 17.0. The summed E-state index contributed by atoms with van der Waals surface area (Å²) in [6, 6.07) is 8.87. The van der Waals surface area contributed by atoms with Crippen LogP contribution in [0.3, 0.4) is 0 Å². The number of carboxylic acids is 1. The van der Waals surface area contributed by atoms with Gasteiger partial charge in [0.15, 0.2) is 0 Å². The molecule has 0 bridgehead atoms. The second-order valence-electron chi connectivity index (χ2n) is 7.80. The molecule has 3 rings (SSSR count). The first-order valence-corrected chi connectivity index (χ1v) is 9.71. The lowest BCUT2D eigenvalue weighted by Gasteiger charge is -2.39. The number of hydrogen-bond acceptors (Lipinski definition) is 2. The van der Waals surface area contributed by atoms with Gasteiger partial charge in [-0.25, -0.2) is 0 Å². The molecule has 1 aromatic carbocycles. The van der Waals surface area contributed by atoms with Crippen molar-refractivity contribution in [1.82, 2.24) is 5.32 Å². The molecule has 2 N–H and O–H groups in total. The van der Waals surface area contributed by atoms with Gasteiger partial charge in [0.25, 0.3) is 0 Å². The third kappa shape index (κ3) is 3.83. The first-order chi connectivity index (χ1) is 11.6. The van der Waals surface area contributed by atoms with Crippen molar-refractivity contribution < 1.29 is 9.90 Å². The molecule has 0 spiro atoms. The highest BCUT2D eigenvalue weighted by Gasteiger charge is 2.41. The number of aryl methyl sites for hydroxylation is 1. The molecular weight excluding hydrogens is 298 g/mol. The van der Waals surface area contributed by atoms with E-state index in [1.165, 1.54) is 43.2 Å². The van der Waals surface area contributed by atoms with Crippen LogP contribution < -0.4 is 5.32 Å². The zero-order valence-electron chi connectivity index (χ0n) is 14.9. The molecule has 3 nitrogen and oxygen atoms in total. The van der Waals surface area contributed by atoms with Crippen LogP contribution in [0.4, 0.5) is 0 Å². The second-order valence-corrected chi connectivity index (χ2v) is 7.80. The molecule has 0 heterocycles. The Bertz CT molecular complexity index is 565. The number of rotatable bonds is 6. The van der Waals surface area contributed by atoms with Crippen LogP contribution >= 0.6 is 0 Å². The van der Waals surface area contributed by atoms with Gasteiger partial charge >= 0.3 is 5.97 Å². The molecule has 0 saturated heterocycles. The average Bonchev–Trinajstić information content (AvgIpc) is 2.61. The smallest absolute Gasteiger partial charge is 0.323 e. The minimum Gasteiger partial charge on any atom is -0.480 e. The van der Waals surface area contributed by atoms with Crippen molar-refractivity contribution >= 4 is 5.97 Å². The molecule has 1 fully saturated rings. The summed E-state index contributed by atoms with van der Waals surface area (Å²) in [5.41, 5.74) is 2.06. The van der Waals surface area contributed by atoms with Crippen LogP contribution in [0.1, 0.15) is 69.4 Å². The number of hydrogen-bond donors (Lipinski definition) is 2. The van der Waals surface area contributed by atoms with Crippen LogP contribution in [0.5, 0.6) is 0 Å². The number of fused-ring (bicyclic) bond motifs is 1. The van der Waals surface area contributed by atoms with Crippen LogP contribution in [0, 0.1) is 5.92 Å². The van der Waals surface area contributed by atoms with Crippen LogP contribution in [0.25, 0.3) is 0 Å². The maximum Gasteiger partial charge on any atom is 0.323 e. The molecule has 0 amide bonds. The van der Waals surface area contributed by atoms with E-state index in [1.807, 2.05) is 6.92 Å². The lowest BCUT2D eigenvalue weighted by Crippen LogP contribution is -2.57. The molecule has 2 atom stereocenters. The normalized spacial score (nSPS) is 24.1. The highest BCUT2D eigenvalue weighted by Crippen LogP contribution is 2.33. The highest BCUT2D eigenvalue weighted by molar-refractivity contribution is 5.78. The van der Waals surface area contributed by atoms with E-state index < -0.39 is 11.5 Å². The largest absolute Gasteiger partial charge is 0.480 e. The summed E-state index contributed by atoms with van der Waals surface area (Å²) in [6.07, 6.45) is 10.7. The molecule has 2 aliphatic carbocycles. The zero-order valence-corrected chi connectivity index (χ0v) is 14.9. The summed E-state index contributed by atoms with van der Waals surface area (Å²) in [7, 11) is 0. The Kier molecular flexibility index (Phi) is 5.60. The molecule has 2 unspecified atom stereocenters. The van der Waals surface area contributed by atoms with E-state index in [9.17, 15) is 9.90 Å². The summed E-state index contributed by atoms with van der Waals surface area (Å²) in [5, 5.41) is 13.6. The monoisotopic (exact) mass is 329 g/mol. The van der Waals surface area contributed by atoms with Gasteiger partial charge in [-0.1, -0.05) is 63.3 Å². The van der Waals surface area contributed by atoms with E-state index in [0.29, 0.717) is 12.3 Å². The van der Waals surface area contributed by atoms with Gasteiger partial charge in [0, 0.05) is 6.04 Å². The Morgan fingerprint density at radius 1 is 1.17 bits per heavy atom. The number of nitrogens with one attached hydrogen (secondary N) is 1. The Morgan fingerprint density at radius 3 is 2.54 bits per heavy atom. The van der Waals surface area contributed by atoms with E-state index in [2.05, 4.69) is 29.6 Å². The predicted octanol–water partition coefficient (Wildman–Crippen LogP) is 4.34. The fraction of sp³-hybridized carbons (Fsp3) is 0.667.